The van der Waals surface area contributed by atoms with E-state index in [1.54, 1.807) is 0 Å². The molecule has 0 saturated carbocycles. The molecule has 1 unspecified atom stereocenters. The van der Waals surface area contributed by atoms with Gasteiger partial charge in [0.25, 0.3) is 0 Å². The fourth-order valence-corrected chi connectivity index (χ4v) is 1.29. The molecule has 5 N–H and O–H groups in total. The maximum atomic E-state index is 11.5. The van der Waals surface area contributed by atoms with Gasteiger partial charge in [-0.2, -0.15) is 0 Å². The van der Waals surface area contributed by atoms with E-state index in [0.717, 1.165) is 0 Å². The summed E-state index contributed by atoms with van der Waals surface area (Å²) in [4.78, 5) is 32.6. The summed E-state index contributed by atoms with van der Waals surface area (Å²) in [6, 6.07) is -1.15. The monoisotopic (exact) mass is 260 g/mol. The van der Waals surface area contributed by atoms with Crippen molar-refractivity contribution in [1.29, 1.82) is 0 Å². The smallest absolute Gasteiger partial charge is 0.326 e. The van der Waals surface area contributed by atoms with Crippen LogP contribution in [0, 0.1) is 5.92 Å². The Bertz CT molecular complexity index is 306. The van der Waals surface area contributed by atoms with Crippen LogP contribution in [-0.4, -0.2) is 40.6 Å². The summed E-state index contributed by atoms with van der Waals surface area (Å²) in [6.07, 6.45) is 0.349. The van der Waals surface area contributed by atoms with Crippen molar-refractivity contribution < 1.29 is 24.6 Å². The van der Waals surface area contributed by atoms with Crippen LogP contribution in [0.25, 0.3) is 0 Å². The molecule has 0 rings (SSSR count). The van der Waals surface area contributed by atoms with Crippen LogP contribution >= 0.6 is 0 Å². The molecule has 18 heavy (non-hydrogen) atoms. The minimum Gasteiger partial charge on any atom is -0.481 e. The van der Waals surface area contributed by atoms with Crippen LogP contribution < -0.4 is 11.1 Å². The van der Waals surface area contributed by atoms with Crippen LogP contribution in [0.5, 0.6) is 0 Å². The Hall–Kier alpha value is -1.63. The van der Waals surface area contributed by atoms with E-state index in [1.807, 2.05) is 6.92 Å². The van der Waals surface area contributed by atoms with Crippen LogP contribution in [0.2, 0.25) is 0 Å². The van der Waals surface area contributed by atoms with Gasteiger partial charge in [-0.3, -0.25) is 9.59 Å². The van der Waals surface area contributed by atoms with Gasteiger partial charge in [0.05, 0.1) is 0 Å². The van der Waals surface area contributed by atoms with Crippen molar-refractivity contribution in [2.24, 2.45) is 11.7 Å². The first-order chi connectivity index (χ1) is 8.36. The van der Waals surface area contributed by atoms with Crippen molar-refractivity contribution in [3.63, 3.8) is 0 Å². The maximum absolute atomic E-state index is 11.5. The van der Waals surface area contributed by atoms with E-state index in [2.05, 4.69) is 5.32 Å². The molecule has 0 fully saturated rings. The van der Waals surface area contributed by atoms with Gasteiger partial charge < -0.3 is 21.3 Å². The van der Waals surface area contributed by atoms with Crippen molar-refractivity contribution in [2.75, 3.05) is 6.54 Å². The van der Waals surface area contributed by atoms with E-state index in [-0.39, 0.29) is 25.2 Å². The van der Waals surface area contributed by atoms with Crippen molar-refractivity contribution in [3.05, 3.63) is 0 Å². The van der Waals surface area contributed by atoms with E-state index in [9.17, 15) is 14.4 Å². The number of carbonyl (C=O) groups excluding carboxylic acids is 1. The summed E-state index contributed by atoms with van der Waals surface area (Å²) < 4.78 is 0. The number of rotatable bonds is 9. The fraction of sp³-hybridized carbons (Fsp3) is 0.727. The first-order valence-electron chi connectivity index (χ1n) is 5.80. The molecule has 0 aromatic heterocycles. The highest BCUT2D eigenvalue weighted by Crippen LogP contribution is 2.04. The number of nitrogens with two attached hydrogens (primary N) is 1. The summed E-state index contributed by atoms with van der Waals surface area (Å²) in [6.45, 7) is 2.36. The minimum absolute atomic E-state index is 0.122. The summed E-state index contributed by atoms with van der Waals surface area (Å²) in [5, 5.41) is 19.6. The van der Waals surface area contributed by atoms with Crippen LogP contribution in [0.15, 0.2) is 0 Å². The molecular formula is C11H20N2O5. The van der Waals surface area contributed by atoms with Crippen molar-refractivity contribution in [2.45, 2.75) is 38.6 Å². The molecule has 0 saturated heterocycles. The average molecular weight is 260 g/mol. The number of amides is 1. The van der Waals surface area contributed by atoms with Gasteiger partial charge in [-0.25, -0.2) is 4.79 Å². The highest BCUT2D eigenvalue weighted by molar-refractivity contribution is 5.83. The largest absolute Gasteiger partial charge is 0.481 e. The lowest BCUT2D eigenvalue weighted by Gasteiger charge is -2.14. The Morgan fingerprint density at radius 2 is 1.78 bits per heavy atom. The fourth-order valence-electron chi connectivity index (χ4n) is 1.29. The van der Waals surface area contributed by atoms with E-state index in [4.69, 9.17) is 15.9 Å². The molecule has 7 nitrogen and oxygen atoms in total. The normalized spacial score (nSPS) is 13.7. The summed E-state index contributed by atoms with van der Waals surface area (Å²) in [5.41, 5.74) is 5.40. The predicted octanol–water partition coefficient (Wildman–Crippen LogP) is -0.204. The predicted molar refractivity (Wildman–Crippen MR) is 63.9 cm³/mol. The van der Waals surface area contributed by atoms with Crippen LogP contribution in [-0.2, 0) is 14.4 Å². The van der Waals surface area contributed by atoms with Crippen molar-refractivity contribution >= 4 is 17.8 Å². The molecule has 0 aliphatic rings. The molecular weight excluding hydrogens is 240 g/mol. The van der Waals surface area contributed by atoms with Crippen molar-refractivity contribution in [3.8, 4) is 0 Å². The zero-order valence-corrected chi connectivity index (χ0v) is 10.4. The van der Waals surface area contributed by atoms with Crippen LogP contribution in [0.3, 0.4) is 0 Å². The Morgan fingerprint density at radius 3 is 2.22 bits per heavy atom. The highest BCUT2D eigenvalue weighted by atomic mass is 16.4. The Kier molecular flexibility index (Phi) is 7.69. The number of carboxylic acid groups (broad SMARTS) is 2. The standard InChI is InChI=1S/C11H20N2O5/c1-7(6-12)2-4-9(14)13-8(11(17)18)3-5-10(15)16/h7-8H,2-6,12H2,1H3,(H,13,14)(H,15,16)(H,17,18)/t7?,8-/m0/s1. The molecule has 0 spiro atoms. The van der Waals surface area contributed by atoms with E-state index in [1.165, 1.54) is 0 Å². The van der Waals surface area contributed by atoms with Gasteiger partial charge in [0, 0.05) is 12.8 Å². The number of hydrogen-bond donors (Lipinski definition) is 4. The summed E-state index contributed by atoms with van der Waals surface area (Å²) >= 11 is 0. The molecule has 0 aromatic rings. The Morgan fingerprint density at radius 1 is 1.17 bits per heavy atom. The third-order valence-electron chi connectivity index (χ3n) is 2.55. The second-order valence-corrected chi connectivity index (χ2v) is 4.27. The molecule has 0 aliphatic carbocycles. The number of aliphatic carboxylic acids is 2. The first-order valence-corrected chi connectivity index (χ1v) is 5.80. The van der Waals surface area contributed by atoms with Gasteiger partial charge in [0.1, 0.15) is 6.04 Å². The van der Waals surface area contributed by atoms with Gasteiger partial charge in [-0.15, -0.1) is 0 Å². The lowest BCUT2D eigenvalue weighted by atomic mass is 10.1. The average Bonchev–Trinajstić information content (AvgIpc) is 2.30. The minimum atomic E-state index is -1.23. The van der Waals surface area contributed by atoms with E-state index in [0.29, 0.717) is 13.0 Å². The molecule has 0 aliphatic heterocycles. The van der Waals surface area contributed by atoms with Crippen molar-refractivity contribution in [1.82, 2.24) is 5.32 Å². The molecule has 2 atom stereocenters. The summed E-state index contributed by atoms with van der Waals surface area (Å²) in [5.74, 6) is -2.52. The molecule has 0 aromatic carbocycles. The number of carbonyl (C=O) groups is 3. The highest BCUT2D eigenvalue weighted by Gasteiger charge is 2.20. The lowest BCUT2D eigenvalue weighted by molar-refractivity contribution is -0.143. The Labute approximate surface area is 105 Å². The zero-order chi connectivity index (χ0) is 14.1. The lowest BCUT2D eigenvalue weighted by Crippen LogP contribution is -2.41. The number of carboxylic acids is 2. The van der Waals surface area contributed by atoms with Crippen LogP contribution in [0.1, 0.15) is 32.6 Å². The van der Waals surface area contributed by atoms with E-state index >= 15 is 0 Å². The van der Waals surface area contributed by atoms with E-state index < -0.39 is 23.9 Å². The molecule has 7 heteroatoms. The second-order valence-electron chi connectivity index (χ2n) is 4.27. The van der Waals surface area contributed by atoms with Gasteiger partial charge in [-0.05, 0) is 25.3 Å². The number of nitrogens with one attached hydrogen (secondary N) is 1. The molecule has 0 heterocycles. The third-order valence-corrected chi connectivity index (χ3v) is 2.55. The van der Waals surface area contributed by atoms with Gasteiger partial charge in [-0.1, -0.05) is 6.92 Å². The number of hydrogen-bond acceptors (Lipinski definition) is 4. The summed E-state index contributed by atoms with van der Waals surface area (Å²) in [7, 11) is 0. The van der Waals surface area contributed by atoms with Crippen LogP contribution in [0.4, 0.5) is 0 Å². The third kappa shape index (κ3) is 7.61. The van der Waals surface area contributed by atoms with Gasteiger partial charge in [0.2, 0.25) is 5.91 Å². The molecule has 0 radical (unpaired) electrons. The zero-order valence-electron chi connectivity index (χ0n) is 10.4. The SMILES string of the molecule is CC(CN)CCC(=O)N[C@@H](CCC(=O)O)C(=O)O. The first kappa shape index (κ1) is 16.4. The second kappa shape index (κ2) is 8.46. The quantitative estimate of drug-likeness (QED) is 0.454. The maximum Gasteiger partial charge on any atom is 0.326 e. The topological polar surface area (TPSA) is 130 Å². The molecule has 1 amide bonds. The van der Waals surface area contributed by atoms with Gasteiger partial charge in [0.15, 0.2) is 0 Å². The van der Waals surface area contributed by atoms with Gasteiger partial charge >= 0.3 is 11.9 Å². The molecule has 0 bridgehead atoms. The molecule has 104 valence electrons. The Balaban J connectivity index is 4.11.